The summed E-state index contributed by atoms with van der Waals surface area (Å²) >= 11 is 0. The minimum Gasteiger partial charge on any atom is -0.469 e. The number of nitrogens with zero attached hydrogens (tertiary/aromatic N) is 2. The predicted octanol–water partition coefficient (Wildman–Crippen LogP) is 1.82. The summed E-state index contributed by atoms with van der Waals surface area (Å²) in [5.74, 6) is -2.32. The van der Waals surface area contributed by atoms with Crippen LogP contribution < -0.4 is 0 Å². The van der Waals surface area contributed by atoms with Gasteiger partial charge in [-0.3, -0.25) is 9.59 Å². The monoisotopic (exact) mass is 370 g/mol. The fourth-order valence-electron chi connectivity index (χ4n) is 2.86. The fraction of sp³-hybridized carbons (Fsp3) is 0.778. The van der Waals surface area contributed by atoms with Gasteiger partial charge in [0, 0.05) is 13.0 Å². The molecule has 2 atom stereocenters. The van der Waals surface area contributed by atoms with E-state index in [1.54, 1.807) is 20.8 Å². The maximum atomic E-state index is 13.0. The Hall–Kier alpha value is -2.12. The number of rotatable bonds is 6. The molecular formula is C18H30N2O6. The summed E-state index contributed by atoms with van der Waals surface area (Å²) < 4.78 is 10.0. The molecule has 0 unspecified atom stereocenters. The molecule has 8 heteroatoms. The van der Waals surface area contributed by atoms with Crippen LogP contribution in [-0.2, 0) is 23.9 Å². The number of methoxy groups -OCH3 is 1. The average Bonchev–Trinajstić information content (AvgIpc) is 2.79. The minimum atomic E-state index is -1.02. The van der Waals surface area contributed by atoms with Gasteiger partial charge < -0.3 is 14.4 Å². The Bertz CT molecular complexity index is 567. The van der Waals surface area contributed by atoms with Crippen LogP contribution in [0.4, 0.5) is 4.79 Å². The molecule has 0 aromatic rings. The molecule has 1 aliphatic rings. The lowest BCUT2D eigenvalue weighted by atomic mass is 9.92. The van der Waals surface area contributed by atoms with Crippen molar-refractivity contribution in [2.24, 2.45) is 11.8 Å². The van der Waals surface area contributed by atoms with Crippen molar-refractivity contribution in [3.8, 4) is 0 Å². The van der Waals surface area contributed by atoms with Crippen LogP contribution in [0, 0.1) is 11.8 Å². The van der Waals surface area contributed by atoms with Gasteiger partial charge in [0.25, 0.3) is 0 Å². The van der Waals surface area contributed by atoms with Gasteiger partial charge in [-0.2, -0.15) is 0 Å². The van der Waals surface area contributed by atoms with E-state index >= 15 is 0 Å². The number of urea groups is 1. The van der Waals surface area contributed by atoms with Gasteiger partial charge in [-0.1, -0.05) is 13.8 Å². The predicted molar refractivity (Wildman–Crippen MR) is 94.1 cm³/mol. The second-order valence-electron chi connectivity index (χ2n) is 8.03. The van der Waals surface area contributed by atoms with E-state index in [0.29, 0.717) is 6.42 Å². The maximum Gasteiger partial charge on any atom is 0.331 e. The number of esters is 2. The second kappa shape index (κ2) is 8.51. The zero-order valence-corrected chi connectivity index (χ0v) is 16.7. The molecule has 0 aromatic heterocycles. The number of carbonyl (C=O) groups excluding carboxylic acids is 4. The average molecular weight is 370 g/mol. The van der Waals surface area contributed by atoms with E-state index in [0.717, 1.165) is 4.90 Å². The standard InChI is InChI=1S/C18H30N2O6/c1-11(2)8-12(9-14(21)25-7)15(22)20-13(10-19(6)17(20)24)16(23)26-18(3,4)5/h11-13H,8-10H2,1-7H3/t12-,13+/m1/s1. The number of likely N-dealkylation sites (N-methyl/N-ethyl adjacent to an activating group) is 1. The first kappa shape index (κ1) is 21.9. The Morgan fingerprint density at radius 3 is 2.27 bits per heavy atom. The number of amides is 3. The van der Waals surface area contributed by atoms with Gasteiger partial charge in [0.1, 0.15) is 5.60 Å². The van der Waals surface area contributed by atoms with Crippen molar-refractivity contribution in [2.75, 3.05) is 20.7 Å². The van der Waals surface area contributed by atoms with Crippen molar-refractivity contribution in [1.29, 1.82) is 0 Å². The van der Waals surface area contributed by atoms with Crippen LogP contribution in [0.5, 0.6) is 0 Å². The van der Waals surface area contributed by atoms with E-state index in [2.05, 4.69) is 4.74 Å². The molecule has 1 fully saturated rings. The molecule has 0 saturated carbocycles. The largest absolute Gasteiger partial charge is 0.469 e. The highest BCUT2D eigenvalue weighted by Gasteiger charge is 2.47. The maximum absolute atomic E-state index is 13.0. The van der Waals surface area contributed by atoms with Crippen LogP contribution in [0.2, 0.25) is 0 Å². The molecule has 1 aliphatic heterocycles. The highest BCUT2D eigenvalue weighted by molar-refractivity contribution is 6.02. The highest BCUT2D eigenvalue weighted by atomic mass is 16.6. The van der Waals surface area contributed by atoms with E-state index in [9.17, 15) is 19.2 Å². The molecule has 1 saturated heterocycles. The summed E-state index contributed by atoms with van der Waals surface area (Å²) in [6, 6.07) is -1.59. The minimum absolute atomic E-state index is 0.0616. The van der Waals surface area contributed by atoms with E-state index < -0.39 is 41.4 Å². The zero-order chi connectivity index (χ0) is 20.2. The number of hydrogen-bond donors (Lipinski definition) is 0. The summed E-state index contributed by atoms with van der Waals surface area (Å²) in [5.41, 5.74) is -0.737. The van der Waals surface area contributed by atoms with Crippen molar-refractivity contribution >= 4 is 23.9 Å². The summed E-state index contributed by atoms with van der Waals surface area (Å²) in [6.07, 6.45) is 0.268. The van der Waals surface area contributed by atoms with E-state index in [1.165, 1.54) is 19.1 Å². The molecule has 8 nitrogen and oxygen atoms in total. The summed E-state index contributed by atoms with van der Waals surface area (Å²) in [7, 11) is 2.77. The van der Waals surface area contributed by atoms with Gasteiger partial charge in [0.05, 0.1) is 20.1 Å². The first-order chi connectivity index (χ1) is 11.9. The third-order valence-electron chi connectivity index (χ3n) is 3.95. The van der Waals surface area contributed by atoms with E-state index in [4.69, 9.17) is 4.74 Å². The third kappa shape index (κ3) is 5.71. The Morgan fingerprint density at radius 1 is 1.23 bits per heavy atom. The molecule has 1 rings (SSSR count). The van der Waals surface area contributed by atoms with Gasteiger partial charge in [0.2, 0.25) is 5.91 Å². The summed E-state index contributed by atoms with van der Waals surface area (Å²) in [6.45, 7) is 9.05. The Kier molecular flexibility index (Phi) is 7.17. The molecule has 148 valence electrons. The van der Waals surface area contributed by atoms with Crippen LogP contribution in [0.25, 0.3) is 0 Å². The van der Waals surface area contributed by atoms with Gasteiger partial charge in [0.15, 0.2) is 6.04 Å². The molecule has 3 amide bonds. The second-order valence-corrected chi connectivity index (χ2v) is 8.03. The highest BCUT2D eigenvalue weighted by Crippen LogP contribution is 2.25. The van der Waals surface area contributed by atoms with E-state index in [1.807, 2.05) is 13.8 Å². The lowest BCUT2D eigenvalue weighted by molar-refractivity contribution is -0.162. The molecule has 0 aliphatic carbocycles. The number of imide groups is 1. The smallest absolute Gasteiger partial charge is 0.331 e. The molecule has 0 radical (unpaired) electrons. The lowest BCUT2D eigenvalue weighted by Crippen LogP contribution is -2.49. The molecule has 0 spiro atoms. The van der Waals surface area contributed by atoms with E-state index in [-0.39, 0.29) is 18.9 Å². The molecule has 0 N–H and O–H groups in total. The topological polar surface area (TPSA) is 93.2 Å². The van der Waals surface area contributed by atoms with Crippen molar-refractivity contribution < 1.29 is 28.7 Å². The normalized spacial score (nSPS) is 18.9. The third-order valence-corrected chi connectivity index (χ3v) is 3.95. The zero-order valence-electron chi connectivity index (χ0n) is 16.7. The first-order valence-corrected chi connectivity index (χ1v) is 8.75. The lowest BCUT2D eigenvalue weighted by Gasteiger charge is -2.28. The number of hydrogen-bond acceptors (Lipinski definition) is 6. The van der Waals surface area contributed by atoms with Crippen LogP contribution >= 0.6 is 0 Å². The van der Waals surface area contributed by atoms with Gasteiger partial charge in [-0.15, -0.1) is 0 Å². The Morgan fingerprint density at radius 2 is 1.81 bits per heavy atom. The van der Waals surface area contributed by atoms with Crippen molar-refractivity contribution in [1.82, 2.24) is 9.80 Å². The molecule has 0 bridgehead atoms. The summed E-state index contributed by atoms with van der Waals surface area (Å²) in [5, 5.41) is 0. The van der Waals surface area contributed by atoms with Crippen LogP contribution in [0.1, 0.15) is 47.5 Å². The van der Waals surface area contributed by atoms with Gasteiger partial charge in [-0.05, 0) is 33.1 Å². The quantitative estimate of drug-likeness (QED) is 0.662. The van der Waals surface area contributed by atoms with Crippen molar-refractivity contribution in [3.05, 3.63) is 0 Å². The Labute approximate surface area is 154 Å². The van der Waals surface area contributed by atoms with Gasteiger partial charge >= 0.3 is 18.0 Å². The fourth-order valence-corrected chi connectivity index (χ4v) is 2.86. The molecule has 0 aromatic carbocycles. The molecule has 26 heavy (non-hydrogen) atoms. The Balaban J connectivity index is 3.10. The molecule has 1 heterocycles. The van der Waals surface area contributed by atoms with Crippen LogP contribution in [0.3, 0.4) is 0 Å². The SMILES string of the molecule is COC(=O)C[C@@H](CC(C)C)C(=O)N1C(=O)N(C)C[C@H]1C(=O)OC(C)(C)C. The van der Waals surface area contributed by atoms with Crippen LogP contribution in [0.15, 0.2) is 0 Å². The summed E-state index contributed by atoms with van der Waals surface area (Å²) in [4.78, 5) is 51.9. The first-order valence-electron chi connectivity index (χ1n) is 8.75. The number of ether oxygens (including phenoxy) is 2. The van der Waals surface area contributed by atoms with Crippen molar-refractivity contribution in [3.63, 3.8) is 0 Å². The van der Waals surface area contributed by atoms with Crippen molar-refractivity contribution in [2.45, 2.75) is 59.1 Å². The van der Waals surface area contributed by atoms with Gasteiger partial charge in [-0.25, -0.2) is 14.5 Å². The molecular weight excluding hydrogens is 340 g/mol. The van der Waals surface area contributed by atoms with Crippen LogP contribution in [-0.4, -0.2) is 66.0 Å². The number of carbonyl (C=O) groups is 4.